The molecule has 1 aliphatic carbocycles. The second kappa shape index (κ2) is 10.1. The summed E-state index contributed by atoms with van der Waals surface area (Å²) in [5, 5.41) is 3.11. The third kappa shape index (κ3) is 4.85. The first-order valence-corrected chi connectivity index (χ1v) is 12.3. The van der Waals surface area contributed by atoms with E-state index < -0.39 is 0 Å². The molecule has 1 amide bonds. The van der Waals surface area contributed by atoms with Gasteiger partial charge < -0.3 is 14.8 Å². The Morgan fingerprint density at radius 3 is 2.50 bits per heavy atom. The molecule has 1 saturated heterocycles. The van der Waals surface area contributed by atoms with Gasteiger partial charge in [-0.05, 0) is 70.7 Å². The molecule has 2 aliphatic rings. The fourth-order valence-electron chi connectivity index (χ4n) is 5.45. The SMILES string of the molecule is Cc1cccc(N2CCN(CCCNC(=O)c3nc(C)n(C4CCCC4)c3C)CC2)c1C. The molecule has 6 heteroatoms. The van der Waals surface area contributed by atoms with Gasteiger partial charge in [0.05, 0.1) is 0 Å². The first-order chi connectivity index (χ1) is 15.5. The molecule has 1 aliphatic heterocycles. The Morgan fingerprint density at radius 2 is 1.78 bits per heavy atom. The van der Waals surface area contributed by atoms with E-state index in [4.69, 9.17) is 0 Å². The van der Waals surface area contributed by atoms with Gasteiger partial charge >= 0.3 is 0 Å². The lowest BCUT2D eigenvalue weighted by molar-refractivity contribution is 0.0946. The Hall–Kier alpha value is -2.34. The molecule has 2 heterocycles. The van der Waals surface area contributed by atoms with Crippen LogP contribution in [0.4, 0.5) is 5.69 Å². The summed E-state index contributed by atoms with van der Waals surface area (Å²) in [6.45, 7) is 14.5. The summed E-state index contributed by atoms with van der Waals surface area (Å²) in [4.78, 5) is 22.4. The minimum Gasteiger partial charge on any atom is -0.369 e. The smallest absolute Gasteiger partial charge is 0.271 e. The number of aryl methyl sites for hydroxylation is 2. The fraction of sp³-hybridized carbons (Fsp3) is 0.615. The van der Waals surface area contributed by atoms with E-state index >= 15 is 0 Å². The molecular formula is C26H39N5O. The number of rotatable bonds is 7. The van der Waals surface area contributed by atoms with Crippen molar-refractivity contribution < 1.29 is 4.79 Å². The maximum atomic E-state index is 12.7. The van der Waals surface area contributed by atoms with E-state index in [0.717, 1.165) is 50.7 Å². The largest absolute Gasteiger partial charge is 0.369 e. The first-order valence-electron chi connectivity index (χ1n) is 12.3. The van der Waals surface area contributed by atoms with Gasteiger partial charge in [0.25, 0.3) is 5.91 Å². The summed E-state index contributed by atoms with van der Waals surface area (Å²) in [5.41, 5.74) is 5.76. The van der Waals surface area contributed by atoms with Crippen LogP contribution < -0.4 is 10.2 Å². The number of hydrogen-bond donors (Lipinski definition) is 1. The van der Waals surface area contributed by atoms with Gasteiger partial charge in [0.1, 0.15) is 11.5 Å². The maximum Gasteiger partial charge on any atom is 0.271 e. The second-order valence-electron chi connectivity index (χ2n) is 9.56. The van der Waals surface area contributed by atoms with Crippen LogP contribution in [0.15, 0.2) is 18.2 Å². The van der Waals surface area contributed by atoms with Gasteiger partial charge in [-0.2, -0.15) is 0 Å². The van der Waals surface area contributed by atoms with Crippen LogP contribution in [-0.4, -0.2) is 59.6 Å². The number of aromatic nitrogens is 2. The predicted octanol–water partition coefficient (Wildman–Crippen LogP) is 4.17. The van der Waals surface area contributed by atoms with Crippen LogP contribution in [0.3, 0.4) is 0 Å². The van der Waals surface area contributed by atoms with Gasteiger partial charge in [0.15, 0.2) is 0 Å². The van der Waals surface area contributed by atoms with E-state index in [1.807, 2.05) is 13.8 Å². The molecule has 1 N–H and O–H groups in total. The van der Waals surface area contributed by atoms with Crippen LogP contribution in [0.1, 0.15) is 71.3 Å². The Kier molecular flexibility index (Phi) is 7.19. The first kappa shape index (κ1) is 22.8. The maximum absolute atomic E-state index is 12.7. The molecule has 0 spiro atoms. The van der Waals surface area contributed by atoms with E-state index in [9.17, 15) is 4.79 Å². The summed E-state index contributed by atoms with van der Waals surface area (Å²) >= 11 is 0. The van der Waals surface area contributed by atoms with Crippen molar-refractivity contribution in [3.63, 3.8) is 0 Å². The lowest BCUT2D eigenvalue weighted by Gasteiger charge is -2.37. The molecule has 1 saturated carbocycles. The number of imidazole rings is 1. The standard InChI is InChI=1S/C26H39N5O/c1-19-9-7-12-24(20(19)2)30-17-15-29(16-18-30)14-8-13-27-26(32)25-21(3)31(22(4)28-25)23-10-5-6-11-23/h7,9,12,23H,5-6,8,10-11,13-18H2,1-4H3,(H,27,32). The van der Waals surface area contributed by atoms with E-state index in [1.165, 1.54) is 42.5 Å². The summed E-state index contributed by atoms with van der Waals surface area (Å²) < 4.78 is 2.29. The number of piperazine rings is 1. The average molecular weight is 438 g/mol. The van der Waals surface area contributed by atoms with Gasteiger partial charge in [-0.1, -0.05) is 25.0 Å². The summed E-state index contributed by atoms with van der Waals surface area (Å²) in [6.07, 6.45) is 5.94. The number of carbonyl (C=O) groups is 1. The molecule has 1 aromatic carbocycles. The number of benzene rings is 1. The van der Waals surface area contributed by atoms with Crippen LogP contribution in [0.25, 0.3) is 0 Å². The minimum absolute atomic E-state index is 0.0258. The lowest BCUT2D eigenvalue weighted by Crippen LogP contribution is -2.47. The zero-order valence-electron chi connectivity index (χ0n) is 20.3. The van der Waals surface area contributed by atoms with Crippen LogP contribution in [0.2, 0.25) is 0 Å². The molecule has 1 aromatic heterocycles. The van der Waals surface area contributed by atoms with Crippen molar-refractivity contribution in [2.75, 3.05) is 44.2 Å². The minimum atomic E-state index is -0.0258. The number of amides is 1. The number of nitrogens with one attached hydrogen (secondary N) is 1. The van der Waals surface area contributed by atoms with Crippen molar-refractivity contribution in [1.82, 2.24) is 19.8 Å². The molecule has 0 unspecified atom stereocenters. The van der Waals surface area contributed by atoms with Crippen molar-refractivity contribution >= 4 is 11.6 Å². The Labute approximate surface area is 193 Å². The van der Waals surface area contributed by atoms with Crippen molar-refractivity contribution in [3.05, 3.63) is 46.5 Å². The summed E-state index contributed by atoms with van der Waals surface area (Å²) in [5.74, 6) is 0.948. The number of hydrogen-bond acceptors (Lipinski definition) is 4. The molecule has 4 rings (SSSR count). The number of carbonyl (C=O) groups excluding carboxylic acids is 1. The number of nitrogens with zero attached hydrogens (tertiary/aromatic N) is 4. The lowest BCUT2D eigenvalue weighted by atomic mass is 10.1. The molecule has 0 atom stereocenters. The predicted molar refractivity (Wildman–Crippen MR) is 131 cm³/mol. The fourth-order valence-corrected chi connectivity index (χ4v) is 5.45. The van der Waals surface area contributed by atoms with E-state index in [1.54, 1.807) is 0 Å². The zero-order chi connectivity index (χ0) is 22.7. The summed E-state index contributed by atoms with van der Waals surface area (Å²) in [6, 6.07) is 7.11. The molecule has 2 aromatic rings. The van der Waals surface area contributed by atoms with Crippen LogP contribution >= 0.6 is 0 Å². The molecule has 32 heavy (non-hydrogen) atoms. The van der Waals surface area contributed by atoms with E-state index in [-0.39, 0.29) is 5.91 Å². The van der Waals surface area contributed by atoms with Gasteiger partial charge in [-0.3, -0.25) is 9.69 Å². The molecule has 174 valence electrons. The second-order valence-corrected chi connectivity index (χ2v) is 9.56. The van der Waals surface area contributed by atoms with Gasteiger partial charge in [-0.15, -0.1) is 0 Å². The molecule has 0 bridgehead atoms. The van der Waals surface area contributed by atoms with Crippen molar-refractivity contribution in [2.45, 2.75) is 65.8 Å². The molecule has 0 radical (unpaired) electrons. The van der Waals surface area contributed by atoms with Crippen LogP contribution in [0, 0.1) is 27.7 Å². The average Bonchev–Trinajstić information content (AvgIpc) is 3.41. The molecular weight excluding hydrogens is 398 g/mol. The molecule has 2 fully saturated rings. The third-order valence-corrected chi connectivity index (χ3v) is 7.46. The van der Waals surface area contributed by atoms with Crippen LogP contribution in [-0.2, 0) is 0 Å². The van der Waals surface area contributed by atoms with Gasteiger partial charge in [-0.25, -0.2) is 4.98 Å². The highest BCUT2D eigenvalue weighted by Crippen LogP contribution is 2.32. The van der Waals surface area contributed by atoms with Crippen molar-refractivity contribution in [3.8, 4) is 0 Å². The highest BCUT2D eigenvalue weighted by Gasteiger charge is 2.25. The topological polar surface area (TPSA) is 53.4 Å². The van der Waals surface area contributed by atoms with E-state index in [0.29, 0.717) is 18.3 Å². The van der Waals surface area contributed by atoms with Crippen molar-refractivity contribution in [1.29, 1.82) is 0 Å². The Balaban J connectivity index is 1.21. The highest BCUT2D eigenvalue weighted by molar-refractivity contribution is 5.93. The normalized spacial score (nSPS) is 17.8. The number of anilines is 1. The Bertz CT molecular complexity index is 936. The zero-order valence-corrected chi connectivity index (χ0v) is 20.3. The van der Waals surface area contributed by atoms with Gasteiger partial charge in [0, 0.05) is 50.1 Å². The quantitative estimate of drug-likeness (QED) is 0.661. The molecule has 6 nitrogen and oxygen atoms in total. The van der Waals surface area contributed by atoms with Gasteiger partial charge in [0.2, 0.25) is 0 Å². The highest BCUT2D eigenvalue weighted by atomic mass is 16.1. The van der Waals surface area contributed by atoms with E-state index in [2.05, 4.69) is 56.7 Å². The van der Waals surface area contributed by atoms with Crippen molar-refractivity contribution in [2.24, 2.45) is 0 Å². The monoisotopic (exact) mass is 437 g/mol. The Morgan fingerprint density at radius 1 is 1.06 bits per heavy atom. The van der Waals surface area contributed by atoms with Crippen LogP contribution in [0.5, 0.6) is 0 Å². The third-order valence-electron chi connectivity index (χ3n) is 7.46. The summed E-state index contributed by atoms with van der Waals surface area (Å²) in [7, 11) is 0.